The van der Waals surface area contributed by atoms with Gasteiger partial charge < -0.3 is 10.5 Å². The summed E-state index contributed by atoms with van der Waals surface area (Å²) < 4.78 is 31.4. The van der Waals surface area contributed by atoms with Crippen LogP contribution in [0.2, 0.25) is 0 Å². The molecular weight excluding hydrogens is 212 g/mol. The second-order valence-corrected chi connectivity index (χ2v) is 4.04. The van der Waals surface area contributed by atoms with E-state index in [1.54, 1.807) is 13.2 Å². The largest absolute Gasteiger partial charge is 0.383 e. The zero-order valence-corrected chi connectivity index (χ0v) is 9.59. The average molecular weight is 229 g/mol. The van der Waals surface area contributed by atoms with Gasteiger partial charge in [-0.1, -0.05) is 19.1 Å². The van der Waals surface area contributed by atoms with Crippen molar-refractivity contribution in [1.82, 2.24) is 0 Å². The molecule has 0 aromatic heterocycles. The second-order valence-electron chi connectivity index (χ2n) is 4.04. The van der Waals surface area contributed by atoms with Gasteiger partial charge in [-0.25, -0.2) is 8.78 Å². The monoisotopic (exact) mass is 229 g/mol. The van der Waals surface area contributed by atoms with Crippen LogP contribution in [0.25, 0.3) is 0 Å². The standard InChI is InChI=1S/C12H17F2NO/c1-3-12(15,8-16-2)7-9-5-4-6-10(13)11(9)14/h4-6H,3,7-8,15H2,1-2H3. The first-order valence-corrected chi connectivity index (χ1v) is 5.23. The number of benzene rings is 1. The second kappa shape index (κ2) is 5.37. The molecule has 1 aromatic carbocycles. The zero-order valence-electron chi connectivity index (χ0n) is 9.59. The number of hydrogen-bond acceptors (Lipinski definition) is 2. The van der Waals surface area contributed by atoms with E-state index in [0.29, 0.717) is 18.6 Å². The smallest absolute Gasteiger partial charge is 0.162 e. The van der Waals surface area contributed by atoms with Crippen LogP contribution in [0.5, 0.6) is 0 Å². The SMILES string of the molecule is CCC(N)(COC)Cc1cccc(F)c1F. The third kappa shape index (κ3) is 3.00. The van der Waals surface area contributed by atoms with E-state index in [0.717, 1.165) is 6.07 Å². The molecule has 2 N–H and O–H groups in total. The Balaban J connectivity index is 2.90. The Morgan fingerprint density at radius 3 is 2.62 bits per heavy atom. The molecule has 0 aliphatic carbocycles. The summed E-state index contributed by atoms with van der Waals surface area (Å²) in [6.07, 6.45) is 0.901. The topological polar surface area (TPSA) is 35.2 Å². The van der Waals surface area contributed by atoms with Gasteiger partial charge in [0.2, 0.25) is 0 Å². The molecule has 0 saturated heterocycles. The summed E-state index contributed by atoms with van der Waals surface area (Å²) in [4.78, 5) is 0. The Hall–Kier alpha value is -1.00. The zero-order chi connectivity index (χ0) is 12.2. The Morgan fingerprint density at radius 2 is 2.06 bits per heavy atom. The molecule has 4 heteroatoms. The van der Waals surface area contributed by atoms with E-state index in [-0.39, 0.29) is 6.42 Å². The summed E-state index contributed by atoms with van der Waals surface area (Å²) in [5, 5.41) is 0. The highest BCUT2D eigenvalue weighted by Crippen LogP contribution is 2.19. The first-order valence-electron chi connectivity index (χ1n) is 5.23. The maximum absolute atomic E-state index is 13.4. The van der Waals surface area contributed by atoms with Gasteiger partial charge in [-0.2, -0.15) is 0 Å². The minimum Gasteiger partial charge on any atom is -0.383 e. The molecule has 2 nitrogen and oxygen atoms in total. The molecule has 0 saturated carbocycles. The molecule has 0 radical (unpaired) electrons. The molecule has 1 aromatic rings. The first-order chi connectivity index (χ1) is 7.52. The van der Waals surface area contributed by atoms with Gasteiger partial charge in [0.25, 0.3) is 0 Å². The van der Waals surface area contributed by atoms with Gasteiger partial charge in [-0.15, -0.1) is 0 Å². The molecule has 0 fully saturated rings. The van der Waals surface area contributed by atoms with E-state index in [1.165, 1.54) is 6.07 Å². The molecule has 16 heavy (non-hydrogen) atoms. The summed E-state index contributed by atoms with van der Waals surface area (Å²) in [6, 6.07) is 4.13. The molecular formula is C12H17F2NO. The minimum absolute atomic E-state index is 0.265. The Labute approximate surface area is 94.4 Å². The number of methoxy groups -OCH3 is 1. The molecule has 0 aliphatic heterocycles. The summed E-state index contributed by atoms with van der Waals surface area (Å²) >= 11 is 0. The normalized spacial score (nSPS) is 14.8. The van der Waals surface area contributed by atoms with Crippen LogP contribution in [-0.2, 0) is 11.2 Å². The Kier molecular flexibility index (Phi) is 4.38. The van der Waals surface area contributed by atoms with Crippen molar-refractivity contribution >= 4 is 0 Å². The molecule has 1 atom stereocenters. The molecule has 0 heterocycles. The average Bonchev–Trinajstić information content (AvgIpc) is 2.25. The summed E-state index contributed by atoms with van der Waals surface area (Å²) in [5.74, 6) is -1.66. The molecule has 0 spiro atoms. The van der Waals surface area contributed by atoms with Crippen LogP contribution in [0, 0.1) is 11.6 Å². The van der Waals surface area contributed by atoms with Crippen LogP contribution in [0.1, 0.15) is 18.9 Å². The number of hydrogen-bond donors (Lipinski definition) is 1. The number of ether oxygens (including phenoxy) is 1. The molecule has 0 aliphatic rings. The molecule has 1 unspecified atom stereocenters. The van der Waals surface area contributed by atoms with E-state index in [2.05, 4.69) is 0 Å². The van der Waals surface area contributed by atoms with E-state index in [9.17, 15) is 8.78 Å². The van der Waals surface area contributed by atoms with Crippen molar-refractivity contribution in [3.8, 4) is 0 Å². The number of nitrogens with two attached hydrogens (primary N) is 1. The van der Waals surface area contributed by atoms with E-state index in [1.807, 2.05) is 6.92 Å². The van der Waals surface area contributed by atoms with Crippen LogP contribution in [0.15, 0.2) is 18.2 Å². The van der Waals surface area contributed by atoms with Gasteiger partial charge in [0.15, 0.2) is 11.6 Å². The highest BCUT2D eigenvalue weighted by atomic mass is 19.2. The summed E-state index contributed by atoms with van der Waals surface area (Å²) in [7, 11) is 1.54. The van der Waals surface area contributed by atoms with Gasteiger partial charge >= 0.3 is 0 Å². The minimum atomic E-state index is -0.839. The van der Waals surface area contributed by atoms with Crippen molar-refractivity contribution in [2.45, 2.75) is 25.3 Å². The molecule has 1 rings (SSSR count). The summed E-state index contributed by atoms with van der Waals surface area (Å²) in [5.41, 5.74) is 5.69. The fraction of sp³-hybridized carbons (Fsp3) is 0.500. The lowest BCUT2D eigenvalue weighted by atomic mass is 9.90. The fourth-order valence-electron chi connectivity index (χ4n) is 1.63. The van der Waals surface area contributed by atoms with Gasteiger partial charge in [0.1, 0.15) is 0 Å². The maximum Gasteiger partial charge on any atom is 0.162 e. The molecule has 0 amide bonds. The molecule has 0 bridgehead atoms. The van der Waals surface area contributed by atoms with Gasteiger partial charge in [0.05, 0.1) is 6.61 Å². The van der Waals surface area contributed by atoms with Crippen molar-refractivity contribution in [2.24, 2.45) is 5.73 Å². The van der Waals surface area contributed by atoms with Crippen molar-refractivity contribution < 1.29 is 13.5 Å². The lowest BCUT2D eigenvalue weighted by molar-refractivity contribution is 0.128. The van der Waals surface area contributed by atoms with Crippen LogP contribution in [-0.4, -0.2) is 19.3 Å². The predicted molar refractivity (Wildman–Crippen MR) is 59.1 cm³/mol. The van der Waals surface area contributed by atoms with Crippen LogP contribution >= 0.6 is 0 Å². The van der Waals surface area contributed by atoms with Crippen LogP contribution in [0.4, 0.5) is 8.78 Å². The molecule has 90 valence electrons. The first kappa shape index (κ1) is 13.1. The fourth-order valence-corrected chi connectivity index (χ4v) is 1.63. The van der Waals surface area contributed by atoms with Crippen LogP contribution in [0.3, 0.4) is 0 Å². The Morgan fingerprint density at radius 1 is 1.38 bits per heavy atom. The van der Waals surface area contributed by atoms with Crippen molar-refractivity contribution in [2.75, 3.05) is 13.7 Å². The lowest BCUT2D eigenvalue weighted by Gasteiger charge is -2.27. The summed E-state index contributed by atoms with van der Waals surface area (Å²) in [6.45, 7) is 2.22. The van der Waals surface area contributed by atoms with Gasteiger partial charge in [0, 0.05) is 12.6 Å². The van der Waals surface area contributed by atoms with Crippen LogP contribution < -0.4 is 5.73 Å². The van der Waals surface area contributed by atoms with E-state index >= 15 is 0 Å². The van der Waals surface area contributed by atoms with Crippen molar-refractivity contribution in [1.29, 1.82) is 0 Å². The van der Waals surface area contributed by atoms with Gasteiger partial charge in [-0.3, -0.25) is 0 Å². The van der Waals surface area contributed by atoms with Gasteiger partial charge in [-0.05, 0) is 24.5 Å². The van der Waals surface area contributed by atoms with E-state index < -0.39 is 17.2 Å². The Bertz CT molecular complexity index is 357. The third-order valence-electron chi connectivity index (χ3n) is 2.71. The predicted octanol–water partition coefficient (Wildman–Crippen LogP) is 2.26. The number of halogens is 2. The van der Waals surface area contributed by atoms with Crippen molar-refractivity contribution in [3.63, 3.8) is 0 Å². The number of rotatable bonds is 5. The highest BCUT2D eigenvalue weighted by Gasteiger charge is 2.25. The quantitative estimate of drug-likeness (QED) is 0.840. The third-order valence-corrected chi connectivity index (χ3v) is 2.71. The van der Waals surface area contributed by atoms with Crippen molar-refractivity contribution in [3.05, 3.63) is 35.4 Å². The van der Waals surface area contributed by atoms with E-state index in [4.69, 9.17) is 10.5 Å². The highest BCUT2D eigenvalue weighted by molar-refractivity contribution is 5.21. The lowest BCUT2D eigenvalue weighted by Crippen LogP contribution is -2.46. The maximum atomic E-state index is 13.4.